The van der Waals surface area contributed by atoms with Crippen molar-refractivity contribution in [1.29, 1.82) is 0 Å². The smallest absolute Gasteiger partial charge is 0.235 e. The number of benzene rings is 1. The van der Waals surface area contributed by atoms with Crippen molar-refractivity contribution in [2.45, 2.75) is 24.0 Å². The molecule has 1 fully saturated rings. The van der Waals surface area contributed by atoms with Crippen LogP contribution in [0.2, 0.25) is 0 Å². The predicted molar refractivity (Wildman–Crippen MR) is 79.2 cm³/mol. The maximum atomic E-state index is 12.3. The second kappa shape index (κ2) is 6.90. The number of Topliss-reactive ketones (excluding diaryl/α,β-unsaturated/α-hetero) is 1. The van der Waals surface area contributed by atoms with Gasteiger partial charge in [-0.25, -0.2) is 0 Å². The zero-order chi connectivity index (χ0) is 14.5. The Morgan fingerprint density at radius 2 is 1.80 bits per heavy atom. The first-order valence-electron chi connectivity index (χ1n) is 6.72. The molecule has 0 N–H and O–H groups in total. The standard InChI is InChI=1S/C15H19NO3S/c1-11(17)13-3-5-14(6-4-13)20-12(2)15(18)16-7-9-19-10-8-16/h3-6,12H,7-10H2,1-2H3. The van der Waals surface area contributed by atoms with Gasteiger partial charge in [0.1, 0.15) is 0 Å². The Hall–Kier alpha value is -1.33. The molecule has 0 radical (unpaired) electrons. The number of hydrogen-bond acceptors (Lipinski definition) is 4. The molecule has 4 nitrogen and oxygen atoms in total. The zero-order valence-corrected chi connectivity index (χ0v) is 12.6. The molecule has 0 bridgehead atoms. The summed E-state index contributed by atoms with van der Waals surface area (Å²) < 4.78 is 5.25. The van der Waals surface area contributed by atoms with Gasteiger partial charge in [-0.15, -0.1) is 11.8 Å². The van der Waals surface area contributed by atoms with E-state index in [1.807, 2.05) is 24.0 Å². The van der Waals surface area contributed by atoms with Crippen molar-refractivity contribution < 1.29 is 14.3 Å². The first-order valence-corrected chi connectivity index (χ1v) is 7.60. The highest BCUT2D eigenvalue weighted by molar-refractivity contribution is 8.00. The average Bonchev–Trinajstić information content (AvgIpc) is 2.48. The Balaban J connectivity index is 1.94. The maximum Gasteiger partial charge on any atom is 0.235 e. The molecule has 1 saturated heterocycles. The van der Waals surface area contributed by atoms with Crippen LogP contribution >= 0.6 is 11.8 Å². The quantitative estimate of drug-likeness (QED) is 0.631. The molecule has 1 aliphatic rings. The minimum absolute atomic E-state index is 0.0546. The Morgan fingerprint density at radius 3 is 2.35 bits per heavy atom. The molecule has 1 unspecified atom stereocenters. The second-order valence-corrected chi connectivity index (χ2v) is 6.19. The summed E-state index contributed by atoms with van der Waals surface area (Å²) in [5.41, 5.74) is 0.696. The molecule has 5 heteroatoms. The summed E-state index contributed by atoms with van der Waals surface area (Å²) in [5.74, 6) is 0.202. The molecule has 108 valence electrons. The van der Waals surface area contributed by atoms with Crippen LogP contribution in [0.25, 0.3) is 0 Å². The summed E-state index contributed by atoms with van der Waals surface area (Å²) in [5, 5.41) is -0.128. The summed E-state index contributed by atoms with van der Waals surface area (Å²) in [7, 11) is 0. The zero-order valence-electron chi connectivity index (χ0n) is 11.8. The summed E-state index contributed by atoms with van der Waals surface area (Å²) in [4.78, 5) is 26.3. The number of ketones is 1. The lowest BCUT2D eigenvalue weighted by Crippen LogP contribution is -2.44. The van der Waals surface area contributed by atoms with Crippen molar-refractivity contribution in [3.63, 3.8) is 0 Å². The summed E-state index contributed by atoms with van der Waals surface area (Å²) in [6.07, 6.45) is 0. The molecule has 1 aliphatic heterocycles. The number of morpholine rings is 1. The van der Waals surface area contributed by atoms with Crippen molar-refractivity contribution in [3.8, 4) is 0 Å². The van der Waals surface area contributed by atoms with Gasteiger partial charge in [0.2, 0.25) is 5.91 Å². The van der Waals surface area contributed by atoms with Crippen molar-refractivity contribution in [2.24, 2.45) is 0 Å². The third-order valence-electron chi connectivity index (χ3n) is 3.24. The SMILES string of the molecule is CC(=O)c1ccc(SC(C)C(=O)N2CCOCC2)cc1. The minimum Gasteiger partial charge on any atom is -0.378 e. The van der Waals surface area contributed by atoms with Crippen LogP contribution in [0.3, 0.4) is 0 Å². The summed E-state index contributed by atoms with van der Waals surface area (Å²) in [6.45, 7) is 6.06. The molecular formula is C15H19NO3S. The lowest BCUT2D eigenvalue weighted by molar-refractivity contribution is -0.134. The van der Waals surface area contributed by atoms with Gasteiger partial charge in [0.25, 0.3) is 0 Å². The Morgan fingerprint density at radius 1 is 1.20 bits per heavy atom. The number of rotatable bonds is 4. The molecule has 0 aliphatic carbocycles. The number of hydrogen-bond donors (Lipinski definition) is 0. The third kappa shape index (κ3) is 3.84. The summed E-state index contributed by atoms with van der Waals surface area (Å²) in [6, 6.07) is 7.39. The Bertz CT molecular complexity index is 480. The highest BCUT2D eigenvalue weighted by Gasteiger charge is 2.23. The molecule has 1 amide bonds. The molecule has 1 aromatic carbocycles. The maximum absolute atomic E-state index is 12.3. The van der Waals surface area contributed by atoms with Crippen LogP contribution in [0, 0.1) is 0 Å². The lowest BCUT2D eigenvalue weighted by Gasteiger charge is -2.29. The largest absolute Gasteiger partial charge is 0.378 e. The van der Waals surface area contributed by atoms with E-state index in [4.69, 9.17) is 4.74 Å². The molecule has 0 saturated carbocycles. The molecule has 1 heterocycles. The first kappa shape index (κ1) is 15.1. The van der Waals surface area contributed by atoms with Crippen LogP contribution in [-0.4, -0.2) is 48.1 Å². The van der Waals surface area contributed by atoms with E-state index in [1.54, 1.807) is 19.1 Å². The number of carbonyl (C=O) groups excluding carboxylic acids is 2. The molecule has 2 rings (SSSR count). The highest BCUT2D eigenvalue weighted by atomic mass is 32.2. The van der Waals surface area contributed by atoms with Crippen LogP contribution in [0.4, 0.5) is 0 Å². The monoisotopic (exact) mass is 293 g/mol. The Kier molecular flexibility index (Phi) is 5.20. The second-order valence-electron chi connectivity index (χ2n) is 4.78. The Labute approximate surface area is 123 Å². The van der Waals surface area contributed by atoms with Gasteiger partial charge >= 0.3 is 0 Å². The third-order valence-corrected chi connectivity index (χ3v) is 4.34. The fourth-order valence-corrected chi connectivity index (χ4v) is 3.01. The topological polar surface area (TPSA) is 46.6 Å². The molecular weight excluding hydrogens is 274 g/mol. The van der Waals surface area contributed by atoms with Crippen LogP contribution in [0.5, 0.6) is 0 Å². The van der Waals surface area contributed by atoms with Gasteiger partial charge in [0.05, 0.1) is 18.5 Å². The van der Waals surface area contributed by atoms with Gasteiger partial charge in [0.15, 0.2) is 5.78 Å². The van der Waals surface area contributed by atoms with Gasteiger partial charge in [-0.3, -0.25) is 9.59 Å². The average molecular weight is 293 g/mol. The normalized spacial score (nSPS) is 16.8. The van der Waals surface area contributed by atoms with Gasteiger partial charge in [-0.2, -0.15) is 0 Å². The fourth-order valence-electron chi connectivity index (χ4n) is 2.06. The van der Waals surface area contributed by atoms with Gasteiger partial charge in [0, 0.05) is 23.5 Å². The van der Waals surface area contributed by atoms with E-state index in [0.717, 1.165) is 4.90 Å². The molecule has 0 spiro atoms. The van der Waals surface area contributed by atoms with Crippen molar-refractivity contribution in [3.05, 3.63) is 29.8 Å². The minimum atomic E-state index is -0.128. The van der Waals surface area contributed by atoms with E-state index in [0.29, 0.717) is 31.9 Å². The van der Waals surface area contributed by atoms with E-state index in [1.165, 1.54) is 11.8 Å². The van der Waals surface area contributed by atoms with E-state index in [9.17, 15) is 9.59 Å². The highest BCUT2D eigenvalue weighted by Crippen LogP contribution is 2.25. The van der Waals surface area contributed by atoms with Crippen molar-refractivity contribution >= 4 is 23.5 Å². The van der Waals surface area contributed by atoms with Crippen LogP contribution in [-0.2, 0) is 9.53 Å². The predicted octanol–water partition coefficient (Wildman–Crippen LogP) is 2.23. The van der Waals surface area contributed by atoms with E-state index >= 15 is 0 Å². The van der Waals surface area contributed by atoms with Gasteiger partial charge in [-0.05, 0) is 26.0 Å². The molecule has 1 aromatic rings. The van der Waals surface area contributed by atoms with Gasteiger partial charge in [-0.1, -0.05) is 12.1 Å². The van der Waals surface area contributed by atoms with Crippen LogP contribution in [0.1, 0.15) is 24.2 Å². The number of ether oxygens (including phenoxy) is 1. The molecule has 20 heavy (non-hydrogen) atoms. The number of amides is 1. The number of carbonyl (C=O) groups is 2. The molecule has 0 aromatic heterocycles. The van der Waals surface area contributed by atoms with Crippen LogP contribution < -0.4 is 0 Å². The lowest BCUT2D eigenvalue weighted by atomic mass is 10.2. The fraction of sp³-hybridized carbons (Fsp3) is 0.467. The number of thioether (sulfide) groups is 1. The van der Waals surface area contributed by atoms with E-state index in [2.05, 4.69) is 0 Å². The summed E-state index contributed by atoms with van der Waals surface area (Å²) >= 11 is 1.52. The first-order chi connectivity index (χ1) is 9.58. The van der Waals surface area contributed by atoms with E-state index < -0.39 is 0 Å². The number of nitrogens with zero attached hydrogens (tertiary/aromatic N) is 1. The van der Waals surface area contributed by atoms with Crippen molar-refractivity contribution in [1.82, 2.24) is 4.90 Å². The molecule has 1 atom stereocenters. The van der Waals surface area contributed by atoms with Crippen molar-refractivity contribution in [2.75, 3.05) is 26.3 Å². The van der Waals surface area contributed by atoms with E-state index in [-0.39, 0.29) is 16.9 Å². The van der Waals surface area contributed by atoms with Crippen LogP contribution in [0.15, 0.2) is 29.2 Å². The van der Waals surface area contributed by atoms with Gasteiger partial charge < -0.3 is 9.64 Å².